The van der Waals surface area contributed by atoms with E-state index in [2.05, 4.69) is 5.32 Å². The van der Waals surface area contributed by atoms with E-state index in [9.17, 15) is 4.79 Å². The molecule has 2 aromatic carbocycles. The number of furan rings is 1. The van der Waals surface area contributed by atoms with E-state index in [0.29, 0.717) is 23.7 Å². The number of carbonyl (C=O) groups excluding carboxylic acids is 1. The van der Waals surface area contributed by atoms with Gasteiger partial charge in [-0.15, -0.1) is 0 Å². The molecule has 0 aliphatic carbocycles. The first kappa shape index (κ1) is 17.7. The van der Waals surface area contributed by atoms with E-state index in [0.717, 1.165) is 11.1 Å². The summed E-state index contributed by atoms with van der Waals surface area (Å²) in [6.07, 6.45) is 0. The summed E-state index contributed by atoms with van der Waals surface area (Å²) in [6, 6.07) is 14.3. The van der Waals surface area contributed by atoms with Crippen molar-refractivity contribution in [3.8, 4) is 17.2 Å². The lowest BCUT2D eigenvalue weighted by Gasteiger charge is -2.14. The Bertz CT molecular complexity index is 885. The minimum absolute atomic E-state index is 0.195. The smallest absolute Gasteiger partial charge is 0.287 e. The molecule has 0 spiro atoms. The molecule has 0 unspecified atom stereocenters. The molecule has 1 heterocycles. The van der Waals surface area contributed by atoms with Crippen LogP contribution in [0.2, 0.25) is 0 Å². The van der Waals surface area contributed by atoms with E-state index in [1.165, 1.54) is 0 Å². The van der Waals surface area contributed by atoms with Crippen LogP contribution in [0.25, 0.3) is 11.0 Å². The Labute approximate surface area is 151 Å². The third kappa shape index (κ3) is 3.91. The molecule has 3 rings (SSSR count). The van der Waals surface area contributed by atoms with E-state index in [-0.39, 0.29) is 17.7 Å². The molecule has 0 aliphatic heterocycles. The van der Waals surface area contributed by atoms with Crippen molar-refractivity contribution >= 4 is 16.9 Å². The fourth-order valence-corrected chi connectivity index (χ4v) is 2.54. The number of nitrogens with one attached hydrogen (secondary N) is 1. The molecule has 0 aliphatic rings. The van der Waals surface area contributed by atoms with E-state index in [1.807, 2.05) is 43.3 Å². The number of hydrogen-bond acceptors (Lipinski definition) is 5. The highest BCUT2D eigenvalue weighted by atomic mass is 16.5. The molecule has 1 atom stereocenters. The number of carbonyl (C=O) groups is 1. The number of benzene rings is 2. The molecule has 1 N–H and O–H groups in total. The summed E-state index contributed by atoms with van der Waals surface area (Å²) in [5.74, 6) is 2.01. The molecular formula is C20H21NO5. The summed E-state index contributed by atoms with van der Waals surface area (Å²) in [5.41, 5.74) is 0.558. The zero-order chi connectivity index (χ0) is 18.5. The molecule has 6 nitrogen and oxygen atoms in total. The van der Waals surface area contributed by atoms with E-state index in [4.69, 9.17) is 18.6 Å². The summed E-state index contributed by atoms with van der Waals surface area (Å²) in [7, 11) is 3.18. The van der Waals surface area contributed by atoms with Crippen molar-refractivity contribution in [2.45, 2.75) is 13.0 Å². The third-order valence-corrected chi connectivity index (χ3v) is 3.89. The van der Waals surface area contributed by atoms with E-state index in [1.54, 1.807) is 26.4 Å². The quantitative estimate of drug-likeness (QED) is 0.701. The lowest BCUT2D eigenvalue weighted by molar-refractivity contribution is 0.0900. The average molecular weight is 355 g/mol. The Balaban J connectivity index is 1.60. The number of ether oxygens (including phenoxy) is 3. The number of methoxy groups -OCH3 is 2. The Kier molecular flexibility index (Phi) is 5.31. The first-order chi connectivity index (χ1) is 12.6. The predicted octanol–water partition coefficient (Wildman–Crippen LogP) is 3.65. The Morgan fingerprint density at radius 3 is 2.50 bits per heavy atom. The summed E-state index contributed by atoms with van der Waals surface area (Å²) in [5, 5.41) is 3.68. The second kappa shape index (κ2) is 7.82. The fourth-order valence-electron chi connectivity index (χ4n) is 2.54. The third-order valence-electron chi connectivity index (χ3n) is 3.89. The Morgan fingerprint density at radius 2 is 1.81 bits per heavy atom. The monoisotopic (exact) mass is 355 g/mol. The van der Waals surface area contributed by atoms with E-state index >= 15 is 0 Å². The van der Waals surface area contributed by atoms with Gasteiger partial charge in [-0.2, -0.15) is 0 Å². The number of amides is 1. The van der Waals surface area contributed by atoms with Crippen LogP contribution >= 0.6 is 0 Å². The van der Waals surface area contributed by atoms with Gasteiger partial charge in [0.2, 0.25) is 0 Å². The lowest BCUT2D eigenvalue weighted by Crippen LogP contribution is -2.36. The fraction of sp³-hybridized carbons (Fsp3) is 0.250. The average Bonchev–Trinajstić information content (AvgIpc) is 3.11. The molecule has 0 radical (unpaired) electrons. The number of hydrogen-bond donors (Lipinski definition) is 1. The topological polar surface area (TPSA) is 69.9 Å². The molecule has 0 saturated carbocycles. The van der Waals surface area contributed by atoms with Crippen molar-refractivity contribution in [3.05, 3.63) is 54.3 Å². The van der Waals surface area contributed by atoms with Crippen LogP contribution in [0.5, 0.6) is 17.2 Å². The highest BCUT2D eigenvalue weighted by Crippen LogP contribution is 2.28. The van der Waals surface area contributed by atoms with Gasteiger partial charge in [0, 0.05) is 5.39 Å². The van der Waals surface area contributed by atoms with Crippen molar-refractivity contribution in [1.82, 2.24) is 5.32 Å². The minimum Gasteiger partial charge on any atom is -0.497 e. The maximum Gasteiger partial charge on any atom is 0.287 e. The maximum atomic E-state index is 12.4. The summed E-state index contributed by atoms with van der Waals surface area (Å²) >= 11 is 0. The van der Waals surface area contributed by atoms with Crippen molar-refractivity contribution in [2.24, 2.45) is 0 Å². The second-order valence-corrected chi connectivity index (χ2v) is 5.85. The van der Waals surface area contributed by atoms with Crippen molar-refractivity contribution < 1.29 is 23.4 Å². The summed E-state index contributed by atoms with van der Waals surface area (Å²) in [6.45, 7) is 2.20. The van der Waals surface area contributed by atoms with Gasteiger partial charge in [-0.3, -0.25) is 4.79 Å². The van der Waals surface area contributed by atoms with Crippen LogP contribution in [0.3, 0.4) is 0 Å². The second-order valence-electron chi connectivity index (χ2n) is 5.85. The largest absolute Gasteiger partial charge is 0.497 e. The van der Waals surface area contributed by atoms with Crippen LogP contribution in [0, 0.1) is 0 Å². The molecule has 3 aromatic rings. The van der Waals surface area contributed by atoms with Gasteiger partial charge in [0.1, 0.15) is 18.1 Å². The highest BCUT2D eigenvalue weighted by molar-refractivity contribution is 5.97. The van der Waals surface area contributed by atoms with Gasteiger partial charge in [0.05, 0.1) is 20.3 Å². The first-order valence-corrected chi connectivity index (χ1v) is 8.25. The molecule has 26 heavy (non-hydrogen) atoms. The van der Waals surface area contributed by atoms with Crippen LogP contribution in [-0.2, 0) is 0 Å². The standard InChI is InChI=1S/C20H21NO5/c1-13(12-25-16-9-7-15(23-2)8-10-16)21-20(22)18-11-14-5-4-6-17(24-3)19(14)26-18/h4-11,13H,12H2,1-3H3,(H,21,22)/t13-/m0/s1. The summed E-state index contributed by atoms with van der Waals surface area (Å²) < 4.78 is 21.7. The number of fused-ring (bicyclic) bond motifs is 1. The van der Waals surface area contributed by atoms with Crippen molar-refractivity contribution in [2.75, 3.05) is 20.8 Å². The first-order valence-electron chi connectivity index (χ1n) is 8.25. The van der Waals surface area contributed by atoms with Crippen LogP contribution in [0.15, 0.2) is 52.9 Å². The van der Waals surface area contributed by atoms with Gasteiger partial charge < -0.3 is 23.9 Å². The summed E-state index contributed by atoms with van der Waals surface area (Å²) in [4.78, 5) is 12.4. The van der Waals surface area contributed by atoms with Crippen molar-refractivity contribution in [3.63, 3.8) is 0 Å². The van der Waals surface area contributed by atoms with Gasteiger partial charge in [0.15, 0.2) is 17.1 Å². The maximum absolute atomic E-state index is 12.4. The Hall–Kier alpha value is -3.15. The molecule has 1 aromatic heterocycles. The van der Waals surface area contributed by atoms with E-state index < -0.39 is 0 Å². The molecule has 0 fully saturated rings. The molecule has 136 valence electrons. The molecule has 1 amide bonds. The number of para-hydroxylation sites is 1. The highest BCUT2D eigenvalue weighted by Gasteiger charge is 2.17. The van der Waals surface area contributed by atoms with Gasteiger partial charge in [0.25, 0.3) is 5.91 Å². The molecule has 0 bridgehead atoms. The van der Waals surface area contributed by atoms with Gasteiger partial charge >= 0.3 is 0 Å². The lowest BCUT2D eigenvalue weighted by atomic mass is 10.2. The van der Waals surface area contributed by atoms with Crippen LogP contribution in [0.1, 0.15) is 17.5 Å². The van der Waals surface area contributed by atoms with Gasteiger partial charge in [-0.1, -0.05) is 12.1 Å². The Morgan fingerprint density at radius 1 is 1.08 bits per heavy atom. The SMILES string of the molecule is COc1ccc(OC[C@H](C)NC(=O)c2cc3cccc(OC)c3o2)cc1. The van der Waals surface area contributed by atoms with Gasteiger partial charge in [-0.05, 0) is 43.3 Å². The zero-order valence-corrected chi connectivity index (χ0v) is 14.9. The van der Waals surface area contributed by atoms with Crippen molar-refractivity contribution in [1.29, 1.82) is 0 Å². The molecular weight excluding hydrogens is 334 g/mol. The van der Waals surface area contributed by atoms with Crippen LogP contribution in [0.4, 0.5) is 0 Å². The molecule has 0 saturated heterocycles. The zero-order valence-electron chi connectivity index (χ0n) is 14.9. The normalized spacial score (nSPS) is 11.8. The van der Waals surface area contributed by atoms with Gasteiger partial charge in [-0.25, -0.2) is 0 Å². The minimum atomic E-state index is -0.297. The number of rotatable bonds is 7. The van der Waals surface area contributed by atoms with Crippen LogP contribution in [-0.4, -0.2) is 32.8 Å². The predicted molar refractivity (Wildman–Crippen MR) is 98.2 cm³/mol. The molecule has 6 heteroatoms. The van der Waals surface area contributed by atoms with Crippen LogP contribution < -0.4 is 19.5 Å².